The Balaban J connectivity index is 1.58. The second-order valence-corrected chi connectivity index (χ2v) is 6.75. The van der Waals surface area contributed by atoms with Crippen LogP contribution in [0.3, 0.4) is 0 Å². The number of nitrogens with two attached hydrogens (primary N) is 1. The topological polar surface area (TPSA) is 72.9 Å². The molecule has 3 N–H and O–H groups in total. The van der Waals surface area contributed by atoms with Crippen LogP contribution in [-0.4, -0.2) is 21.3 Å². The number of rotatable bonds is 6. The first-order chi connectivity index (χ1) is 12.5. The predicted octanol–water partition coefficient (Wildman–Crippen LogP) is 3.37. The highest BCUT2D eigenvalue weighted by Crippen LogP contribution is 2.22. The number of nitrogen functional groups attached to an aromatic ring is 1. The van der Waals surface area contributed by atoms with Gasteiger partial charge in [0.1, 0.15) is 5.82 Å². The van der Waals surface area contributed by atoms with Crippen molar-refractivity contribution in [2.24, 2.45) is 0 Å². The highest BCUT2D eigenvalue weighted by Gasteiger charge is 2.13. The van der Waals surface area contributed by atoms with Crippen molar-refractivity contribution in [1.82, 2.24) is 15.0 Å². The highest BCUT2D eigenvalue weighted by molar-refractivity contribution is 7.99. The van der Waals surface area contributed by atoms with Crippen molar-refractivity contribution in [3.8, 4) is 11.3 Å². The fraction of sp³-hybridized carbons (Fsp3) is 0.158. The maximum Gasteiger partial charge on any atom is 0.230 e. The molecule has 3 rings (SSSR count). The van der Waals surface area contributed by atoms with Crippen LogP contribution in [0.15, 0.2) is 66.0 Å². The highest BCUT2D eigenvalue weighted by atomic mass is 32.2. The van der Waals surface area contributed by atoms with Gasteiger partial charge < -0.3 is 11.2 Å². The fourth-order valence-corrected chi connectivity index (χ4v) is 3.19. The molecular weight excluding hydrogens is 351 g/mol. The maximum atomic E-state index is 13.0. The Labute approximate surface area is 155 Å². The molecule has 3 aromatic rings. The van der Waals surface area contributed by atoms with Crippen molar-refractivity contribution in [3.63, 3.8) is 0 Å². The maximum absolute atomic E-state index is 13.0. The zero-order chi connectivity index (χ0) is 18.5. The van der Waals surface area contributed by atoms with Crippen LogP contribution < -0.4 is 11.2 Å². The number of imidazole rings is 1. The van der Waals surface area contributed by atoms with E-state index in [4.69, 9.17) is 5.84 Å². The summed E-state index contributed by atoms with van der Waals surface area (Å²) in [5.41, 5.74) is 2.57. The number of amides is 1. The Kier molecular flexibility index (Phi) is 5.58. The summed E-state index contributed by atoms with van der Waals surface area (Å²) in [5, 5.41) is 3.45. The van der Waals surface area contributed by atoms with Crippen molar-refractivity contribution in [3.05, 3.63) is 72.2 Å². The summed E-state index contributed by atoms with van der Waals surface area (Å²) in [7, 11) is 0. The van der Waals surface area contributed by atoms with Gasteiger partial charge in [0.15, 0.2) is 5.16 Å². The van der Waals surface area contributed by atoms with Crippen LogP contribution in [-0.2, 0) is 4.79 Å². The molecule has 1 aromatic heterocycles. The first-order valence-electron chi connectivity index (χ1n) is 8.10. The van der Waals surface area contributed by atoms with Gasteiger partial charge in [-0.05, 0) is 24.6 Å². The summed E-state index contributed by atoms with van der Waals surface area (Å²) in [4.78, 5) is 16.6. The van der Waals surface area contributed by atoms with E-state index in [0.717, 1.165) is 16.8 Å². The molecule has 26 heavy (non-hydrogen) atoms. The first kappa shape index (κ1) is 18.0. The minimum absolute atomic E-state index is 0.143. The Morgan fingerprint density at radius 2 is 1.92 bits per heavy atom. The summed E-state index contributed by atoms with van der Waals surface area (Å²) < 4.78 is 14.4. The molecule has 5 nitrogen and oxygen atoms in total. The zero-order valence-corrected chi connectivity index (χ0v) is 15.0. The van der Waals surface area contributed by atoms with E-state index >= 15 is 0 Å². The van der Waals surface area contributed by atoms with Crippen LogP contribution in [0.2, 0.25) is 0 Å². The Morgan fingerprint density at radius 1 is 1.23 bits per heavy atom. The van der Waals surface area contributed by atoms with Gasteiger partial charge in [-0.25, -0.2) is 14.1 Å². The molecule has 7 heteroatoms. The average Bonchev–Trinajstić information content (AvgIpc) is 3.02. The molecule has 0 saturated heterocycles. The van der Waals surface area contributed by atoms with E-state index in [9.17, 15) is 9.18 Å². The predicted molar refractivity (Wildman–Crippen MR) is 101 cm³/mol. The van der Waals surface area contributed by atoms with Gasteiger partial charge in [0.05, 0.1) is 23.7 Å². The van der Waals surface area contributed by atoms with Crippen molar-refractivity contribution < 1.29 is 9.18 Å². The lowest BCUT2D eigenvalue weighted by molar-refractivity contribution is -0.119. The van der Waals surface area contributed by atoms with Gasteiger partial charge in [0.25, 0.3) is 0 Å². The van der Waals surface area contributed by atoms with Gasteiger partial charge in [-0.15, -0.1) is 0 Å². The number of thioether (sulfide) groups is 1. The Hall–Kier alpha value is -2.80. The van der Waals surface area contributed by atoms with Crippen molar-refractivity contribution in [1.29, 1.82) is 0 Å². The van der Waals surface area contributed by atoms with Gasteiger partial charge in [-0.2, -0.15) is 0 Å². The van der Waals surface area contributed by atoms with E-state index in [0.29, 0.717) is 5.16 Å². The van der Waals surface area contributed by atoms with Crippen LogP contribution in [0.25, 0.3) is 11.3 Å². The number of aromatic nitrogens is 2. The number of nitrogens with zero attached hydrogens (tertiary/aromatic N) is 2. The molecule has 0 saturated carbocycles. The molecule has 134 valence electrons. The molecule has 2 aromatic carbocycles. The summed E-state index contributed by atoms with van der Waals surface area (Å²) in [6.45, 7) is 1.85. The molecule has 1 heterocycles. The van der Waals surface area contributed by atoms with Crippen LogP contribution in [0.5, 0.6) is 0 Å². The Morgan fingerprint density at radius 3 is 2.62 bits per heavy atom. The molecule has 0 spiro atoms. The van der Waals surface area contributed by atoms with Gasteiger partial charge in [0, 0.05) is 5.56 Å². The van der Waals surface area contributed by atoms with E-state index in [2.05, 4.69) is 10.3 Å². The lowest BCUT2D eigenvalue weighted by Crippen LogP contribution is -2.28. The number of hydrogen-bond donors (Lipinski definition) is 2. The SMILES string of the molecule is C[C@H](NC(=O)CSc1nc(-c2ccccc2)cn1N)c1ccc(F)cc1. The summed E-state index contributed by atoms with van der Waals surface area (Å²) in [5.74, 6) is 5.68. The van der Waals surface area contributed by atoms with Gasteiger partial charge >= 0.3 is 0 Å². The van der Waals surface area contributed by atoms with Crippen LogP contribution >= 0.6 is 11.8 Å². The lowest BCUT2D eigenvalue weighted by atomic mass is 10.1. The third kappa shape index (κ3) is 4.43. The number of carbonyl (C=O) groups excluding carboxylic acids is 1. The summed E-state index contributed by atoms with van der Waals surface area (Å²) >= 11 is 1.27. The fourth-order valence-electron chi connectivity index (χ4n) is 2.48. The first-order valence-corrected chi connectivity index (χ1v) is 9.09. The number of hydrogen-bond acceptors (Lipinski definition) is 4. The van der Waals surface area contributed by atoms with Crippen LogP contribution in [0.4, 0.5) is 4.39 Å². The molecule has 1 atom stereocenters. The van der Waals surface area contributed by atoms with Crippen LogP contribution in [0.1, 0.15) is 18.5 Å². The molecule has 1 amide bonds. The van der Waals surface area contributed by atoms with E-state index in [-0.39, 0.29) is 23.5 Å². The number of halogens is 1. The van der Waals surface area contributed by atoms with Crippen LogP contribution in [0, 0.1) is 5.82 Å². The number of benzene rings is 2. The molecule has 0 unspecified atom stereocenters. The molecule has 0 aliphatic heterocycles. The number of nitrogens with one attached hydrogen (secondary N) is 1. The van der Waals surface area contributed by atoms with Crippen molar-refractivity contribution in [2.75, 3.05) is 11.6 Å². The third-order valence-corrected chi connectivity index (χ3v) is 4.81. The average molecular weight is 370 g/mol. The molecule has 0 bridgehead atoms. The minimum atomic E-state index is -0.299. The molecular formula is C19H19FN4OS. The summed E-state index contributed by atoms with van der Waals surface area (Å²) in [6.07, 6.45) is 1.73. The molecule has 0 radical (unpaired) electrons. The van der Waals surface area contributed by atoms with E-state index in [1.807, 2.05) is 37.3 Å². The number of carbonyl (C=O) groups is 1. The summed E-state index contributed by atoms with van der Waals surface area (Å²) in [6, 6.07) is 15.6. The normalized spacial score (nSPS) is 11.9. The second-order valence-electron chi connectivity index (χ2n) is 5.81. The van der Waals surface area contributed by atoms with Crippen molar-refractivity contribution in [2.45, 2.75) is 18.1 Å². The third-order valence-electron chi connectivity index (χ3n) is 3.85. The zero-order valence-electron chi connectivity index (χ0n) is 14.2. The lowest BCUT2D eigenvalue weighted by Gasteiger charge is -2.14. The molecule has 0 aliphatic carbocycles. The van der Waals surface area contributed by atoms with Gasteiger partial charge in [-0.1, -0.05) is 54.2 Å². The second kappa shape index (κ2) is 8.05. The minimum Gasteiger partial charge on any atom is -0.349 e. The van der Waals surface area contributed by atoms with E-state index < -0.39 is 0 Å². The largest absolute Gasteiger partial charge is 0.349 e. The van der Waals surface area contributed by atoms with E-state index in [1.54, 1.807) is 18.3 Å². The van der Waals surface area contributed by atoms with Gasteiger partial charge in [-0.3, -0.25) is 4.79 Å². The van der Waals surface area contributed by atoms with Gasteiger partial charge in [0.2, 0.25) is 5.91 Å². The quantitative estimate of drug-likeness (QED) is 0.515. The monoisotopic (exact) mass is 370 g/mol. The van der Waals surface area contributed by atoms with E-state index in [1.165, 1.54) is 28.6 Å². The standard InChI is InChI=1S/C19H19FN4OS/c1-13(14-7-9-16(20)10-8-14)22-18(25)12-26-19-23-17(11-24(19)21)15-5-3-2-4-6-15/h2-11,13H,12,21H2,1H3,(H,22,25)/t13-/m0/s1. The Bertz CT molecular complexity index is 880. The molecule has 0 aliphatic rings. The van der Waals surface area contributed by atoms with Crippen molar-refractivity contribution >= 4 is 17.7 Å². The molecule has 0 fully saturated rings. The smallest absolute Gasteiger partial charge is 0.230 e.